The molecular formula is C20H23FN2O3. The normalized spacial score (nSPS) is 17.2. The number of carbonyl (C=O) groups is 2. The standard InChI is InChI=1S/C20H23FN2O3/c1-5-15(21)9-11-17(7-3)23-19(26)20(12-13-20)18(25)22-16(6-2)10-8-14(4)24/h5-11,24H,1-3,12-13H2,4H3,(H,22,25)(H,23,26)/b14-8+,15-9+,16-10+,17-11+. The van der Waals surface area contributed by atoms with E-state index in [0.717, 1.165) is 12.2 Å². The third-order valence-electron chi connectivity index (χ3n) is 3.70. The van der Waals surface area contributed by atoms with Crippen molar-refractivity contribution in [2.75, 3.05) is 0 Å². The van der Waals surface area contributed by atoms with Crippen LogP contribution in [0.4, 0.5) is 4.39 Å². The summed E-state index contributed by atoms with van der Waals surface area (Å²) < 4.78 is 13.1. The third-order valence-corrected chi connectivity index (χ3v) is 3.70. The molecule has 0 spiro atoms. The van der Waals surface area contributed by atoms with Gasteiger partial charge < -0.3 is 15.7 Å². The summed E-state index contributed by atoms with van der Waals surface area (Å²) in [7, 11) is 0. The van der Waals surface area contributed by atoms with Crippen LogP contribution in [-0.2, 0) is 9.59 Å². The zero-order chi connectivity index (χ0) is 19.7. The number of allylic oxidation sites excluding steroid dienone is 9. The van der Waals surface area contributed by atoms with E-state index in [1.807, 2.05) is 0 Å². The summed E-state index contributed by atoms with van der Waals surface area (Å²) in [5, 5.41) is 14.4. The molecule has 3 N–H and O–H groups in total. The molecule has 1 fully saturated rings. The van der Waals surface area contributed by atoms with Crippen LogP contribution in [0.3, 0.4) is 0 Å². The number of aliphatic hydroxyl groups is 1. The number of aliphatic hydroxyl groups excluding tert-OH is 1. The summed E-state index contributed by atoms with van der Waals surface area (Å²) in [6.07, 6.45) is 9.91. The number of halogens is 1. The molecule has 5 nitrogen and oxygen atoms in total. The first-order valence-electron chi connectivity index (χ1n) is 7.94. The number of hydrogen-bond donors (Lipinski definition) is 3. The van der Waals surface area contributed by atoms with Crippen molar-refractivity contribution < 1.29 is 19.1 Å². The molecule has 26 heavy (non-hydrogen) atoms. The highest BCUT2D eigenvalue weighted by Crippen LogP contribution is 2.46. The molecule has 0 aromatic carbocycles. The van der Waals surface area contributed by atoms with E-state index in [0.29, 0.717) is 18.5 Å². The molecule has 0 aromatic heterocycles. The molecule has 138 valence electrons. The molecule has 6 heteroatoms. The van der Waals surface area contributed by atoms with Crippen molar-refractivity contribution in [3.8, 4) is 0 Å². The Kier molecular flexibility index (Phi) is 7.52. The molecule has 0 radical (unpaired) electrons. The number of rotatable bonds is 9. The van der Waals surface area contributed by atoms with Crippen molar-refractivity contribution in [2.24, 2.45) is 5.41 Å². The van der Waals surface area contributed by atoms with Gasteiger partial charge in [-0.1, -0.05) is 19.7 Å². The molecule has 0 unspecified atom stereocenters. The minimum Gasteiger partial charge on any atom is -0.513 e. The Hall–Kier alpha value is -3.15. The zero-order valence-corrected chi connectivity index (χ0v) is 14.7. The molecule has 1 saturated carbocycles. The lowest BCUT2D eigenvalue weighted by atomic mass is 10.0. The minimum absolute atomic E-state index is 0.0676. The van der Waals surface area contributed by atoms with Gasteiger partial charge in [-0.05, 0) is 62.3 Å². The van der Waals surface area contributed by atoms with Crippen LogP contribution in [0.2, 0.25) is 0 Å². The van der Waals surface area contributed by atoms with Gasteiger partial charge in [-0.25, -0.2) is 4.39 Å². The largest absolute Gasteiger partial charge is 0.513 e. The summed E-state index contributed by atoms with van der Waals surface area (Å²) in [5.74, 6) is -1.46. The Labute approximate surface area is 152 Å². The zero-order valence-electron chi connectivity index (χ0n) is 14.7. The van der Waals surface area contributed by atoms with Gasteiger partial charge in [-0.2, -0.15) is 0 Å². The average molecular weight is 358 g/mol. The smallest absolute Gasteiger partial charge is 0.240 e. The van der Waals surface area contributed by atoms with E-state index in [-0.39, 0.29) is 11.5 Å². The number of amides is 2. The van der Waals surface area contributed by atoms with Gasteiger partial charge in [-0.3, -0.25) is 9.59 Å². The molecule has 0 bridgehead atoms. The molecule has 2 amide bonds. The van der Waals surface area contributed by atoms with E-state index in [1.165, 1.54) is 37.3 Å². The lowest BCUT2D eigenvalue weighted by Gasteiger charge is -2.16. The van der Waals surface area contributed by atoms with Gasteiger partial charge in [0.15, 0.2) is 0 Å². The summed E-state index contributed by atoms with van der Waals surface area (Å²) in [4.78, 5) is 25.0. The Morgan fingerprint density at radius 1 is 0.923 bits per heavy atom. The van der Waals surface area contributed by atoms with Crippen LogP contribution >= 0.6 is 0 Å². The van der Waals surface area contributed by atoms with E-state index >= 15 is 0 Å². The fourth-order valence-corrected chi connectivity index (χ4v) is 1.95. The van der Waals surface area contributed by atoms with Gasteiger partial charge in [0.1, 0.15) is 11.2 Å². The van der Waals surface area contributed by atoms with Crippen LogP contribution in [-0.4, -0.2) is 16.9 Å². The fourth-order valence-electron chi connectivity index (χ4n) is 1.95. The molecular weight excluding hydrogens is 335 g/mol. The van der Waals surface area contributed by atoms with Crippen molar-refractivity contribution in [1.82, 2.24) is 10.6 Å². The second-order valence-electron chi connectivity index (χ2n) is 5.71. The van der Waals surface area contributed by atoms with E-state index in [2.05, 4.69) is 30.4 Å². The molecule has 0 saturated heterocycles. The average Bonchev–Trinajstić information content (AvgIpc) is 3.43. The van der Waals surface area contributed by atoms with Crippen molar-refractivity contribution in [3.63, 3.8) is 0 Å². The molecule has 0 heterocycles. The third kappa shape index (κ3) is 5.73. The van der Waals surface area contributed by atoms with Crippen LogP contribution < -0.4 is 10.6 Å². The van der Waals surface area contributed by atoms with E-state index < -0.39 is 23.1 Å². The maximum Gasteiger partial charge on any atom is 0.240 e. The van der Waals surface area contributed by atoms with Gasteiger partial charge in [0.05, 0.1) is 5.76 Å². The topological polar surface area (TPSA) is 78.4 Å². The summed E-state index contributed by atoms with van der Waals surface area (Å²) >= 11 is 0. The fraction of sp³-hybridized carbons (Fsp3) is 0.200. The van der Waals surface area contributed by atoms with Crippen LogP contribution in [0.5, 0.6) is 0 Å². The maximum atomic E-state index is 13.1. The Morgan fingerprint density at radius 3 is 1.73 bits per heavy atom. The number of hydrogen-bond acceptors (Lipinski definition) is 3. The van der Waals surface area contributed by atoms with E-state index in [9.17, 15) is 19.1 Å². The molecule has 1 aliphatic carbocycles. The Bertz CT molecular complexity index is 734. The van der Waals surface area contributed by atoms with Crippen molar-refractivity contribution in [1.29, 1.82) is 0 Å². The first kappa shape index (κ1) is 20.9. The van der Waals surface area contributed by atoms with Crippen LogP contribution in [0, 0.1) is 5.41 Å². The van der Waals surface area contributed by atoms with Crippen LogP contribution in [0.25, 0.3) is 0 Å². The summed E-state index contributed by atoms with van der Waals surface area (Å²) in [5.41, 5.74) is -0.564. The van der Waals surface area contributed by atoms with Gasteiger partial charge >= 0.3 is 0 Å². The lowest BCUT2D eigenvalue weighted by Crippen LogP contribution is -2.42. The summed E-state index contributed by atoms with van der Waals surface area (Å²) in [6, 6.07) is 0. The summed E-state index contributed by atoms with van der Waals surface area (Å²) in [6.45, 7) is 11.9. The van der Waals surface area contributed by atoms with Crippen molar-refractivity contribution in [2.45, 2.75) is 19.8 Å². The van der Waals surface area contributed by atoms with E-state index in [1.54, 1.807) is 0 Å². The predicted octanol–water partition coefficient (Wildman–Crippen LogP) is 3.64. The Morgan fingerprint density at radius 2 is 1.38 bits per heavy atom. The number of carbonyl (C=O) groups excluding carboxylic acids is 2. The first-order valence-corrected chi connectivity index (χ1v) is 7.94. The van der Waals surface area contributed by atoms with Gasteiger partial charge in [0.2, 0.25) is 11.8 Å². The lowest BCUT2D eigenvalue weighted by molar-refractivity contribution is -0.136. The van der Waals surface area contributed by atoms with Crippen LogP contribution in [0.15, 0.2) is 85.2 Å². The highest BCUT2D eigenvalue weighted by molar-refractivity contribution is 6.09. The van der Waals surface area contributed by atoms with Gasteiger partial charge in [-0.15, -0.1) is 0 Å². The Balaban J connectivity index is 2.88. The van der Waals surface area contributed by atoms with Gasteiger partial charge in [0.25, 0.3) is 0 Å². The second kappa shape index (κ2) is 9.36. The molecule has 0 aromatic rings. The van der Waals surface area contributed by atoms with Crippen LogP contribution in [0.1, 0.15) is 19.8 Å². The quantitative estimate of drug-likeness (QED) is 0.334. The second-order valence-corrected chi connectivity index (χ2v) is 5.71. The molecule has 1 aliphatic rings. The highest BCUT2D eigenvalue weighted by atomic mass is 19.1. The molecule has 1 rings (SSSR count). The first-order chi connectivity index (χ1) is 12.3. The minimum atomic E-state index is -1.19. The molecule has 0 aliphatic heterocycles. The maximum absolute atomic E-state index is 13.1. The SMILES string of the molecule is C=C/C(F)=C\C=C(/C=C)NC(=O)C1(C(=O)N/C(C=C)=C/C=C(\C)O)CC1. The number of nitrogens with one attached hydrogen (secondary N) is 2. The highest BCUT2D eigenvalue weighted by Gasteiger charge is 2.56. The van der Waals surface area contributed by atoms with Crippen molar-refractivity contribution in [3.05, 3.63) is 85.2 Å². The van der Waals surface area contributed by atoms with E-state index in [4.69, 9.17) is 0 Å². The molecule has 0 atom stereocenters. The predicted molar refractivity (Wildman–Crippen MR) is 100 cm³/mol. The van der Waals surface area contributed by atoms with Gasteiger partial charge in [0, 0.05) is 11.4 Å². The monoisotopic (exact) mass is 358 g/mol. The van der Waals surface area contributed by atoms with Crippen molar-refractivity contribution >= 4 is 11.8 Å².